The van der Waals surface area contributed by atoms with Crippen molar-refractivity contribution in [3.05, 3.63) is 107 Å². The Morgan fingerprint density at radius 2 is 1.33 bits per heavy atom. The Bertz CT molecular complexity index is 839. The summed E-state index contributed by atoms with van der Waals surface area (Å²) in [6.07, 6.45) is 0. The first-order valence-electron chi connectivity index (χ1n) is 8.14. The fourth-order valence-corrected chi connectivity index (χ4v) is 2.93. The first-order valence-corrected chi connectivity index (χ1v) is 8.14. The zero-order valence-electron chi connectivity index (χ0n) is 14.0. The topological polar surface area (TPSA) is 29.1 Å². The van der Waals surface area contributed by atoms with Gasteiger partial charge in [-0.2, -0.15) is 0 Å². The fraction of sp³-hybridized carbons (Fsp3) is 0.136. The van der Waals surface area contributed by atoms with Crippen molar-refractivity contribution in [1.29, 1.82) is 0 Å². The Morgan fingerprint density at radius 1 is 0.750 bits per heavy atom. The van der Waals surface area contributed by atoms with Crippen molar-refractivity contribution in [1.82, 2.24) is 5.32 Å². The summed E-state index contributed by atoms with van der Waals surface area (Å²) >= 11 is 0. The number of amides is 1. The Labute approximate surface area is 143 Å². The Kier molecular flexibility index (Phi) is 4.76. The van der Waals surface area contributed by atoms with Crippen molar-refractivity contribution in [3.8, 4) is 0 Å². The van der Waals surface area contributed by atoms with E-state index in [1.165, 1.54) is 0 Å². The van der Waals surface area contributed by atoms with Gasteiger partial charge in [0.2, 0.25) is 0 Å². The lowest BCUT2D eigenvalue weighted by molar-refractivity contribution is 0.0942. The van der Waals surface area contributed by atoms with Crippen LogP contribution in [0, 0.1) is 13.8 Å². The second-order valence-electron chi connectivity index (χ2n) is 5.99. The monoisotopic (exact) mass is 315 g/mol. The lowest BCUT2D eigenvalue weighted by Gasteiger charge is -2.22. The van der Waals surface area contributed by atoms with E-state index in [4.69, 9.17) is 0 Å². The highest BCUT2D eigenvalue weighted by atomic mass is 16.1. The van der Waals surface area contributed by atoms with Gasteiger partial charge in [0.1, 0.15) is 0 Å². The third-order valence-corrected chi connectivity index (χ3v) is 4.30. The fourth-order valence-electron chi connectivity index (χ4n) is 2.93. The maximum atomic E-state index is 12.8. The van der Waals surface area contributed by atoms with Gasteiger partial charge in [-0.3, -0.25) is 4.79 Å². The molecule has 0 aliphatic heterocycles. The molecule has 1 N–H and O–H groups in total. The maximum Gasteiger partial charge on any atom is 0.252 e. The van der Waals surface area contributed by atoms with E-state index in [0.29, 0.717) is 5.56 Å². The number of carbonyl (C=O) groups excluding carboxylic acids is 1. The first kappa shape index (κ1) is 16.0. The molecule has 0 aliphatic carbocycles. The number of hydrogen-bond donors (Lipinski definition) is 1. The lowest BCUT2D eigenvalue weighted by atomic mass is 9.94. The third-order valence-electron chi connectivity index (χ3n) is 4.30. The van der Waals surface area contributed by atoms with E-state index in [9.17, 15) is 4.79 Å². The summed E-state index contributed by atoms with van der Waals surface area (Å²) in [6, 6.07) is 25.8. The minimum atomic E-state index is -0.167. The van der Waals surface area contributed by atoms with Gasteiger partial charge in [0.15, 0.2) is 0 Å². The minimum absolute atomic E-state index is 0.0507. The van der Waals surface area contributed by atoms with Crippen LogP contribution in [0.25, 0.3) is 0 Å². The third kappa shape index (κ3) is 3.38. The van der Waals surface area contributed by atoms with Crippen LogP contribution >= 0.6 is 0 Å². The summed E-state index contributed by atoms with van der Waals surface area (Å²) in [5.74, 6) is -0.0507. The van der Waals surface area contributed by atoms with Crippen molar-refractivity contribution >= 4 is 5.91 Å². The van der Waals surface area contributed by atoms with Crippen LogP contribution in [0.4, 0.5) is 0 Å². The number of carbonyl (C=O) groups is 1. The van der Waals surface area contributed by atoms with E-state index in [1.54, 1.807) is 0 Å². The average Bonchev–Trinajstić information content (AvgIpc) is 2.61. The molecule has 2 heteroatoms. The van der Waals surface area contributed by atoms with Crippen molar-refractivity contribution in [2.75, 3.05) is 0 Å². The Balaban J connectivity index is 1.99. The van der Waals surface area contributed by atoms with Gasteiger partial charge in [-0.15, -0.1) is 0 Å². The van der Waals surface area contributed by atoms with Crippen LogP contribution in [0.15, 0.2) is 78.9 Å². The van der Waals surface area contributed by atoms with Gasteiger partial charge >= 0.3 is 0 Å². The molecule has 1 amide bonds. The lowest BCUT2D eigenvalue weighted by Crippen LogP contribution is -2.30. The number of aryl methyl sites for hydroxylation is 2. The van der Waals surface area contributed by atoms with Gasteiger partial charge in [0.25, 0.3) is 5.91 Å². The Hall–Kier alpha value is -2.87. The highest BCUT2D eigenvalue weighted by molar-refractivity contribution is 5.96. The second-order valence-corrected chi connectivity index (χ2v) is 5.99. The van der Waals surface area contributed by atoms with Crippen LogP contribution in [0.5, 0.6) is 0 Å². The molecule has 0 bridgehead atoms. The molecule has 24 heavy (non-hydrogen) atoms. The molecule has 120 valence electrons. The summed E-state index contributed by atoms with van der Waals surface area (Å²) in [5, 5.41) is 3.21. The van der Waals surface area contributed by atoms with E-state index < -0.39 is 0 Å². The summed E-state index contributed by atoms with van der Waals surface area (Å²) in [5.41, 5.74) is 5.05. The zero-order valence-corrected chi connectivity index (χ0v) is 14.0. The predicted octanol–water partition coefficient (Wildman–Crippen LogP) is 4.82. The number of rotatable bonds is 4. The van der Waals surface area contributed by atoms with Gasteiger partial charge in [0, 0.05) is 5.56 Å². The van der Waals surface area contributed by atoms with E-state index >= 15 is 0 Å². The van der Waals surface area contributed by atoms with Gasteiger partial charge in [-0.05, 0) is 42.2 Å². The van der Waals surface area contributed by atoms with Gasteiger partial charge in [-0.25, -0.2) is 0 Å². The Morgan fingerprint density at radius 3 is 2.00 bits per heavy atom. The molecular weight excluding hydrogens is 294 g/mol. The van der Waals surface area contributed by atoms with Crippen LogP contribution < -0.4 is 5.32 Å². The minimum Gasteiger partial charge on any atom is -0.341 e. The second kappa shape index (κ2) is 7.14. The molecule has 0 spiro atoms. The SMILES string of the molecule is Cc1ccccc1C(=O)N[C@@H](c1ccccc1)c1ccccc1C. The molecule has 2 nitrogen and oxygen atoms in total. The van der Waals surface area contributed by atoms with Gasteiger partial charge < -0.3 is 5.32 Å². The summed E-state index contributed by atoms with van der Waals surface area (Å²) in [4.78, 5) is 12.8. The molecule has 0 aliphatic rings. The molecule has 3 aromatic carbocycles. The number of benzene rings is 3. The molecule has 0 fully saturated rings. The molecule has 0 saturated carbocycles. The van der Waals surface area contributed by atoms with E-state index in [-0.39, 0.29) is 11.9 Å². The van der Waals surface area contributed by atoms with Crippen LogP contribution in [0.1, 0.15) is 38.7 Å². The van der Waals surface area contributed by atoms with Crippen LogP contribution in [0.3, 0.4) is 0 Å². The quantitative estimate of drug-likeness (QED) is 0.734. The summed E-state index contributed by atoms with van der Waals surface area (Å²) < 4.78 is 0. The predicted molar refractivity (Wildman–Crippen MR) is 98.1 cm³/mol. The molecule has 3 rings (SSSR count). The summed E-state index contributed by atoms with van der Waals surface area (Å²) in [7, 11) is 0. The molecule has 0 radical (unpaired) electrons. The van der Waals surface area contributed by atoms with Crippen molar-refractivity contribution < 1.29 is 4.79 Å². The molecule has 1 atom stereocenters. The standard InChI is InChI=1S/C22H21NO/c1-16-10-6-8-14-19(16)21(18-12-4-3-5-13-18)23-22(24)20-15-9-7-11-17(20)2/h3-15,21H,1-2H3,(H,23,24)/t21-/m0/s1. The number of nitrogens with one attached hydrogen (secondary N) is 1. The van der Waals surface area contributed by atoms with Crippen molar-refractivity contribution in [3.63, 3.8) is 0 Å². The highest BCUT2D eigenvalue weighted by Gasteiger charge is 2.19. The van der Waals surface area contributed by atoms with Crippen LogP contribution in [-0.2, 0) is 0 Å². The maximum absolute atomic E-state index is 12.8. The number of hydrogen-bond acceptors (Lipinski definition) is 1. The van der Waals surface area contributed by atoms with Gasteiger partial charge in [0.05, 0.1) is 6.04 Å². The normalized spacial score (nSPS) is 11.8. The highest BCUT2D eigenvalue weighted by Crippen LogP contribution is 2.25. The van der Waals surface area contributed by atoms with E-state index in [1.807, 2.05) is 61.5 Å². The van der Waals surface area contributed by atoms with E-state index in [0.717, 1.165) is 22.3 Å². The summed E-state index contributed by atoms with van der Waals surface area (Å²) in [6.45, 7) is 4.03. The molecule has 0 heterocycles. The van der Waals surface area contributed by atoms with Gasteiger partial charge in [-0.1, -0.05) is 72.8 Å². The molecular formula is C22H21NO. The molecule has 3 aromatic rings. The zero-order chi connectivity index (χ0) is 16.9. The first-order chi connectivity index (χ1) is 11.7. The van der Waals surface area contributed by atoms with Crippen molar-refractivity contribution in [2.45, 2.75) is 19.9 Å². The van der Waals surface area contributed by atoms with Crippen LogP contribution in [0.2, 0.25) is 0 Å². The molecule has 0 unspecified atom stereocenters. The average molecular weight is 315 g/mol. The van der Waals surface area contributed by atoms with Crippen molar-refractivity contribution in [2.24, 2.45) is 0 Å². The van der Waals surface area contributed by atoms with Crippen LogP contribution in [-0.4, -0.2) is 5.91 Å². The largest absolute Gasteiger partial charge is 0.341 e. The molecule has 0 saturated heterocycles. The molecule has 0 aromatic heterocycles. The van der Waals surface area contributed by atoms with E-state index in [2.05, 4.69) is 36.5 Å². The smallest absolute Gasteiger partial charge is 0.252 e.